The van der Waals surface area contributed by atoms with Gasteiger partial charge in [0.1, 0.15) is 29.1 Å². The van der Waals surface area contributed by atoms with E-state index < -0.39 is 17.7 Å². The molecule has 1 saturated heterocycles. The number of nitrogens with zero attached hydrogens (tertiary/aromatic N) is 1. The number of benzene rings is 2. The molecule has 2 heterocycles. The van der Waals surface area contributed by atoms with E-state index in [1.807, 2.05) is 26.0 Å². The number of rotatable bonds is 6. The van der Waals surface area contributed by atoms with Crippen molar-refractivity contribution in [1.29, 1.82) is 0 Å². The van der Waals surface area contributed by atoms with Gasteiger partial charge in [-0.15, -0.1) is 0 Å². The van der Waals surface area contributed by atoms with E-state index >= 15 is 0 Å². The highest BCUT2D eigenvalue weighted by Crippen LogP contribution is 2.43. The lowest BCUT2D eigenvalue weighted by Crippen LogP contribution is -2.29. The summed E-state index contributed by atoms with van der Waals surface area (Å²) in [5.41, 5.74) is 1.74. The first kappa shape index (κ1) is 22.7. The van der Waals surface area contributed by atoms with Crippen LogP contribution >= 0.6 is 11.6 Å². The quantitative estimate of drug-likeness (QED) is 0.281. The Morgan fingerprint density at radius 1 is 1.09 bits per heavy atom. The van der Waals surface area contributed by atoms with Crippen molar-refractivity contribution in [3.8, 4) is 5.75 Å². The van der Waals surface area contributed by atoms with Crippen LogP contribution in [-0.2, 0) is 16.0 Å². The number of carbonyl (C=O) groups is 2. The lowest BCUT2D eigenvalue weighted by Gasteiger charge is -2.23. The summed E-state index contributed by atoms with van der Waals surface area (Å²) in [4.78, 5) is 27.8. The van der Waals surface area contributed by atoms with E-state index in [9.17, 15) is 14.7 Å². The fraction of sp³-hybridized carbons (Fsp3) is 0.231. The SMILES string of the molecule is CCOc1ccc(Cl)c(/C(O)=C2\C(=O)C(=O)N(c3ccc(CC)cc3)C2c2ccc(C)o2)c1. The summed E-state index contributed by atoms with van der Waals surface area (Å²) < 4.78 is 11.3. The predicted octanol–water partition coefficient (Wildman–Crippen LogP) is 5.83. The average molecular weight is 466 g/mol. The number of aryl methyl sites for hydroxylation is 2. The van der Waals surface area contributed by atoms with Gasteiger partial charge in [-0.1, -0.05) is 30.7 Å². The smallest absolute Gasteiger partial charge is 0.300 e. The fourth-order valence-corrected chi connectivity index (χ4v) is 4.16. The van der Waals surface area contributed by atoms with Crippen molar-refractivity contribution in [2.45, 2.75) is 33.2 Å². The Morgan fingerprint density at radius 3 is 2.42 bits per heavy atom. The molecular weight excluding hydrogens is 442 g/mol. The molecule has 2 aromatic carbocycles. The molecule has 7 heteroatoms. The number of halogens is 1. The molecule has 170 valence electrons. The molecule has 0 radical (unpaired) electrons. The molecule has 1 aliphatic rings. The Morgan fingerprint density at radius 2 is 1.82 bits per heavy atom. The first-order valence-corrected chi connectivity index (χ1v) is 11.1. The first-order valence-electron chi connectivity index (χ1n) is 10.7. The van der Waals surface area contributed by atoms with Gasteiger partial charge >= 0.3 is 0 Å². The number of aliphatic hydroxyl groups excluding tert-OH is 1. The van der Waals surface area contributed by atoms with E-state index in [1.54, 1.807) is 49.4 Å². The van der Waals surface area contributed by atoms with E-state index in [4.69, 9.17) is 20.8 Å². The summed E-state index contributed by atoms with van der Waals surface area (Å²) in [7, 11) is 0. The number of hydrogen-bond donors (Lipinski definition) is 1. The molecule has 0 spiro atoms. The molecule has 1 unspecified atom stereocenters. The average Bonchev–Trinajstić information content (AvgIpc) is 3.35. The van der Waals surface area contributed by atoms with E-state index in [2.05, 4.69) is 0 Å². The van der Waals surface area contributed by atoms with Crippen molar-refractivity contribution in [1.82, 2.24) is 0 Å². The van der Waals surface area contributed by atoms with Crippen molar-refractivity contribution < 1.29 is 23.8 Å². The summed E-state index contributed by atoms with van der Waals surface area (Å²) >= 11 is 6.36. The van der Waals surface area contributed by atoms with Gasteiger partial charge in [0.05, 0.1) is 17.2 Å². The predicted molar refractivity (Wildman–Crippen MR) is 127 cm³/mol. The number of furan rings is 1. The van der Waals surface area contributed by atoms with Crippen molar-refractivity contribution in [3.05, 3.63) is 87.8 Å². The number of hydrogen-bond acceptors (Lipinski definition) is 5. The Balaban J connectivity index is 1.92. The lowest BCUT2D eigenvalue weighted by molar-refractivity contribution is -0.132. The minimum atomic E-state index is -0.946. The third-order valence-corrected chi connectivity index (χ3v) is 5.93. The van der Waals surface area contributed by atoms with Crippen LogP contribution in [0.15, 0.2) is 64.6 Å². The van der Waals surface area contributed by atoms with E-state index in [0.29, 0.717) is 29.6 Å². The van der Waals surface area contributed by atoms with Gasteiger partial charge in [-0.3, -0.25) is 14.5 Å². The number of carbonyl (C=O) groups excluding carboxylic acids is 2. The Labute approximate surface area is 197 Å². The zero-order chi connectivity index (χ0) is 23.7. The molecule has 1 atom stereocenters. The maximum absolute atomic E-state index is 13.2. The van der Waals surface area contributed by atoms with Crippen LogP contribution in [0.1, 0.15) is 42.5 Å². The van der Waals surface area contributed by atoms with Crippen LogP contribution in [0.25, 0.3) is 5.76 Å². The maximum atomic E-state index is 13.2. The number of amides is 1. The zero-order valence-electron chi connectivity index (χ0n) is 18.6. The summed E-state index contributed by atoms with van der Waals surface area (Å²) in [6.45, 7) is 6.06. The van der Waals surface area contributed by atoms with E-state index in [0.717, 1.165) is 12.0 Å². The highest BCUT2D eigenvalue weighted by Gasteiger charge is 2.48. The van der Waals surface area contributed by atoms with E-state index in [1.165, 1.54) is 4.90 Å². The normalized spacial score (nSPS) is 17.6. The van der Waals surface area contributed by atoms with Crippen LogP contribution in [-0.4, -0.2) is 23.4 Å². The van der Waals surface area contributed by atoms with Crippen molar-refractivity contribution in [3.63, 3.8) is 0 Å². The molecule has 6 nitrogen and oxygen atoms in total. The third kappa shape index (κ3) is 4.14. The van der Waals surface area contributed by atoms with Crippen LogP contribution < -0.4 is 9.64 Å². The van der Waals surface area contributed by atoms with Crippen LogP contribution in [0.2, 0.25) is 5.02 Å². The fourth-order valence-electron chi connectivity index (χ4n) is 3.95. The molecule has 1 N–H and O–H groups in total. The van der Waals surface area contributed by atoms with Crippen LogP contribution in [0.3, 0.4) is 0 Å². The molecule has 4 rings (SSSR count). The molecule has 1 aromatic heterocycles. The minimum absolute atomic E-state index is 0.0931. The standard InChI is InChI=1S/C26H24ClNO5/c1-4-16-7-9-17(10-8-16)28-23(21-13-6-15(3)33-21)22(25(30)26(28)31)24(29)19-14-18(32-5-2)11-12-20(19)27/h6-14,23,29H,4-5H2,1-3H3/b24-22+. The van der Waals surface area contributed by atoms with Gasteiger partial charge in [0.2, 0.25) is 0 Å². The summed E-state index contributed by atoms with van der Waals surface area (Å²) in [5, 5.41) is 11.5. The summed E-state index contributed by atoms with van der Waals surface area (Å²) in [6, 6.07) is 14.7. The van der Waals surface area contributed by atoms with Gasteiger partial charge in [0.25, 0.3) is 11.7 Å². The van der Waals surface area contributed by atoms with Gasteiger partial charge in [0, 0.05) is 11.3 Å². The molecule has 1 aliphatic heterocycles. The zero-order valence-corrected chi connectivity index (χ0v) is 19.3. The molecule has 1 amide bonds. The van der Waals surface area contributed by atoms with Gasteiger partial charge in [-0.25, -0.2) is 0 Å². The Kier molecular flexibility index (Phi) is 6.29. The number of ketones is 1. The highest BCUT2D eigenvalue weighted by atomic mass is 35.5. The number of aliphatic hydroxyl groups is 1. The highest BCUT2D eigenvalue weighted by molar-refractivity contribution is 6.51. The summed E-state index contributed by atoms with van der Waals surface area (Å²) in [6.07, 6.45) is 0.842. The second kappa shape index (κ2) is 9.16. The first-order chi connectivity index (χ1) is 15.8. The second-order valence-corrected chi connectivity index (χ2v) is 8.12. The van der Waals surface area contributed by atoms with E-state index in [-0.39, 0.29) is 21.9 Å². The van der Waals surface area contributed by atoms with Gasteiger partial charge < -0.3 is 14.3 Å². The van der Waals surface area contributed by atoms with Gasteiger partial charge in [-0.2, -0.15) is 0 Å². The number of ether oxygens (including phenoxy) is 1. The van der Waals surface area contributed by atoms with Crippen molar-refractivity contribution in [2.75, 3.05) is 11.5 Å². The monoisotopic (exact) mass is 465 g/mol. The van der Waals surface area contributed by atoms with Crippen LogP contribution in [0, 0.1) is 6.92 Å². The summed E-state index contributed by atoms with van der Waals surface area (Å²) in [5.74, 6) is -0.482. The maximum Gasteiger partial charge on any atom is 0.300 e. The topological polar surface area (TPSA) is 80.0 Å². The van der Waals surface area contributed by atoms with Gasteiger partial charge in [0.15, 0.2) is 0 Å². The minimum Gasteiger partial charge on any atom is -0.507 e. The largest absolute Gasteiger partial charge is 0.507 e. The third-order valence-electron chi connectivity index (χ3n) is 5.60. The van der Waals surface area contributed by atoms with Crippen molar-refractivity contribution in [2.24, 2.45) is 0 Å². The molecule has 33 heavy (non-hydrogen) atoms. The molecule has 3 aromatic rings. The molecule has 0 saturated carbocycles. The second-order valence-electron chi connectivity index (χ2n) is 7.71. The van der Waals surface area contributed by atoms with Crippen molar-refractivity contribution >= 4 is 34.7 Å². The lowest BCUT2D eigenvalue weighted by atomic mass is 9.99. The molecule has 1 fully saturated rings. The number of anilines is 1. The van der Waals surface area contributed by atoms with Crippen LogP contribution in [0.5, 0.6) is 5.75 Å². The Hall–Kier alpha value is -3.51. The number of Topliss-reactive ketones (excluding diaryl/α,β-unsaturated/α-hetero) is 1. The Bertz CT molecular complexity index is 1240. The van der Waals surface area contributed by atoms with Gasteiger partial charge in [-0.05, 0) is 68.3 Å². The van der Waals surface area contributed by atoms with Crippen LogP contribution in [0.4, 0.5) is 5.69 Å². The molecule has 0 bridgehead atoms. The molecule has 0 aliphatic carbocycles. The molecular formula is C26H24ClNO5.